The smallest absolute Gasteiger partial charge is 0.215 e. The first-order valence-electron chi connectivity index (χ1n) is 8.03. The van der Waals surface area contributed by atoms with E-state index in [9.17, 15) is 0 Å². The second-order valence-electron chi connectivity index (χ2n) is 6.09. The molecule has 0 saturated heterocycles. The Balaban J connectivity index is 0.00000192. The molecule has 1 aromatic heterocycles. The van der Waals surface area contributed by atoms with E-state index >= 15 is 0 Å². The average Bonchev–Trinajstić information content (AvgIpc) is 2.94. The van der Waals surface area contributed by atoms with Gasteiger partial charge in [0.25, 0.3) is 0 Å². The van der Waals surface area contributed by atoms with E-state index in [1.807, 2.05) is 24.4 Å². The zero-order chi connectivity index (χ0) is 15.5. The van der Waals surface area contributed by atoms with E-state index in [0.29, 0.717) is 0 Å². The average molecular weight is 337 g/mol. The van der Waals surface area contributed by atoms with Crippen molar-refractivity contribution in [1.82, 2.24) is 4.57 Å². The maximum absolute atomic E-state index is 8.04. The number of para-hydroxylation sites is 1. The molecule has 2 aromatic rings. The maximum atomic E-state index is 8.04. The molecular formula is C18H25ClN2O2. The first-order chi connectivity index (χ1) is 10.7. The van der Waals surface area contributed by atoms with Gasteiger partial charge in [-0.05, 0) is 24.8 Å². The highest BCUT2D eigenvalue weighted by Crippen LogP contribution is 2.33. The minimum absolute atomic E-state index is 0. The number of hydrogen-bond acceptors (Lipinski definition) is 3. The minimum Gasteiger partial charge on any atom is -0.495 e. The van der Waals surface area contributed by atoms with Gasteiger partial charge in [-0.2, -0.15) is 0 Å². The van der Waals surface area contributed by atoms with E-state index in [1.165, 1.54) is 32.1 Å². The number of fused-ring (bicyclic) bond motifs is 1. The van der Waals surface area contributed by atoms with Crippen LogP contribution in [0, 0.1) is 11.3 Å². The van der Waals surface area contributed by atoms with Crippen molar-refractivity contribution in [3.63, 3.8) is 0 Å². The monoisotopic (exact) mass is 336 g/mol. The predicted molar refractivity (Wildman–Crippen MR) is 96.2 cm³/mol. The Hall–Kier alpha value is -1.68. The highest BCUT2D eigenvalue weighted by Gasteiger charge is 2.20. The third-order valence-electron chi connectivity index (χ3n) is 4.71. The summed E-state index contributed by atoms with van der Waals surface area (Å²) in [7, 11) is 3.25. The fourth-order valence-electron chi connectivity index (χ4n) is 3.57. The van der Waals surface area contributed by atoms with E-state index < -0.39 is 0 Å². The van der Waals surface area contributed by atoms with Crippen LogP contribution in [0.25, 0.3) is 10.9 Å². The SMILES string of the molecule is COC(=N)c1cn(CC2CCCCC2)c2c(OC)cccc12.Cl. The lowest BCUT2D eigenvalue weighted by Gasteiger charge is -2.22. The van der Waals surface area contributed by atoms with Gasteiger partial charge in [0.1, 0.15) is 5.75 Å². The van der Waals surface area contributed by atoms with E-state index in [0.717, 1.165) is 34.7 Å². The first-order valence-corrected chi connectivity index (χ1v) is 8.03. The normalized spacial score (nSPS) is 15.2. The van der Waals surface area contributed by atoms with Crippen molar-refractivity contribution in [2.45, 2.75) is 38.6 Å². The third-order valence-corrected chi connectivity index (χ3v) is 4.71. The molecule has 0 radical (unpaired) electrons. The molecule has 5 heteroatoms. The lowest BCUT2D eigenvalue weighted by atomic mass is 9.89. The van der Waals surface area contributed by atoms with E-state index in [1.54, 1.807) is 14.2 Å². The molecule has 0 amide bonds. The Bertz CT molecular complexity index is 675. The standard InChI is InChI=1S/C18H24N2O2.ClH/c1-21-16-10-6-9-14-15(18(19)22-2)12-20(17(14)16)11-13-7-4-3-5-8-13;/h6,9-10,12-13,19H,3-5,7-8,11H2,1-2H3;1H. The van der Waals surface area contributed by atoms with Crippen LogP contribution < -0.4 is 4.74 Å². The molecule has 126 valence electrons. The van der Waals surface area contributed by atoms with Crippen LogP contribution in [0.3, 0.4) is 0 Å². The highest BCUT2D eigenvalue weighted by atomic mass is 35.5. The lowest BCUT2D eigenvalue weighted by molar-refractivity contribution is 0.321. The molecule has 1 aromatic carbocycles. The number of ether oxygens (including phenoxy) is 2. The number of nitrogens with zero attached hydrogens (tertiary/aromatic N) is 1. The van der Waals surface area contributed by atoms with Gasteiger partial charge < -0.3 is 14.0 Å². The summed E-state index contributed by atoms with van der Waals surface area (Å²) < 4.78 is 13.0. The molecule has 4 nitrogen and oxygen atoms in total. The number of nitrogens with one attached hydrogen (secondary N) is 1. The molecule has 1 aliphatic carbocycles. The zero-order valence-electron chi connectivity index (χ0n) is 13.8. The van der Waals surface area contributed by atoms with Crippen LogP contribution in [0.15, 0.2) is 24.4 Å². The topological polar surface area (TPSA) is 47.2 Å². The van der Waals surface area contributed by atoms with Gasteiger partial charge in [0, 0.05) is 18.1 Å². The van der Waals surface area contributed by atoms with Crippen LogP contribution in [0.5, 0.6) is 5.75 Å². The van der Waals surface area contributed by atoms with Crippen LogP contribution in [0.2, 0.25) is 0 Å². The van der Waals surface area contributed by atoms with Gasteiger partial charge in [-0.3, -0.25) is 5.41 Å². The zero-order valence-corrected chi connectivity index (χ0v) is 14.6. The van der Waals surface area contributed by atoms with Crippen molar-refractivity contribution in [2.24, 2.45) is 5.92 Å². The van der Waals surface area contributed by atoms with Crippen LogP contribution >= 0.6 is 12.4 Å². The number of benzene rings is 1. The van der Waals surface area contributed by atoms with Gasteiger partial charge in [0.2, 0.25) is 5.90 Å². The van der Waals surface area contributed by atoms with Crippen molar-refractivity contribution in [3.05, 3.63) is 30.0 Å². The first kappa shape index (κ1) is 17.7. The van der Waals surface area contributed by atoms with Gasteiger partial charge in [-0.15, -0.1) is 12.4 Å². The quantitative estimate of drug-likeness (QED) is 0.654. The van der Waals surface area contributed by atoms with Crippen LogP contribution in [0.1, 0.15) is 37.7 Å². The Labute approximate surface area is 143 Å². The molecular weight excluding hydrogens is 312 g/mol. The van der Waals surface area contributed by atoms with Gasteiger partial charge in [-0.25, -0.2) is 0 Å². The number of hydrogen-bond donors (Lipinski definition) is 1. The fraction of sp³-hybridized carbons (Fsp3) is 0.500. The van der Waals surface area contributed by atoms with Gasteiger partial charge in [0.15, 0.2) is 0 Å². The molecule has 1 heterocycles. The van der Waals surface area contributed by atoms with Gasteiger partial charge in [0.05, 0.1) is 25.3 Å². The summed E-state index contributed by atoms with van der Waals surface area (Å²) in [6, 6.07) is 6.00. The maximum Gasteiger partial charge on any atom is 0.215 e. The van der Waals surface area contributed by atoms with Crippen LogP contribution in [-0.4, -0.2) is 24.7 Å². The molecule has 0 unspecified atom stereocenters. The molecule has 23 heavy (non-hydrogen) atoms. The molecule has 1 aliphatic rings. The van der Waals surface area contributed by atoms with E-state index in [4.69, 9.17) is 14.9 Å². The van der Waals surface area contributed by atoms with Crippen molar-refractivity contribution in [2.75, 3.05) is 14.2 Å². The summed E-state index contributed by atoms with van der Waals surface area (Å²) in [6.45, 7) is 0.994. The second kappa shape index (κ2) is 7.73. The Kier molecular flexibility index (Phi) is 5.94. The largest absolute Gasteiger partial charge is 0.495 e. The summed E-state index contributed by atoms with van der Waals surface area (Å²) in [6.07, 6.45) is 8.68. The van der Waals surface area contributed by atoms with Crippen LogP contribution in [0.4, 0.5) is 0 Å². The molecule has 0 aliphatic heterocycles. The Morgan fingerprint density at radius 1 is 1.22 bits per heavy atom. The number of halogens is 1. The summed E-state index contributed by atoms with van der Waals surface area (Å²) in [5.74, 6) is 1.79. The number of aromatic nitrogens is 1. The van der Waals surface area contributed by atoms with E-state index in [2.05, 4.69) is 4.57 Å². The molecule has 1 saturated carbocycles. The summed E-state index contributed by atoms with van der Waals surface area (Å²) in [4.78, 5) is 0. The highest BCUT2D eigenvalue weighted by molar-refractivity contribution is 6.07. The minimum atomic E-state index is 0. The summed E-state index contributed by atoms with van der Waals surface area (Å²) >= 11 is 0. The fourth-order valence-corrected chi connectivity index (χ4v) is 3.57. The van der Waals surface area contributed by atoms with Gasteiger partial charge in [-0.1, -0.05) is 31.4 Å². The van der Waals surface area contributed by atoms with Crippen molar-refractivity contribution in [3.8, 4) is 5.75 Å². The summed E-state index contributed by atoms with van der Waals surface area (Å²) in [5, 5.41) is 9.07. The molecule has 0 spiro atoms. The molecule has 1 fully saturated rings. The Morgan fingerprint density at radius 2 is 1.96 bits per heavy atom. The third kappa shape index (κ3) is 3.47. The van der Waals surface area contributed by atoms with E-state index in [-0.39, 0.29) is 18.3 Å². The van der Waals surface area contributed by atoms with Crippen molar-refractivity contribution in [1.29, 1.82) is 5.41 Å². The van der Waals surface area contributed by atoms with Crippen molar-refractivity contribution >= 4 is 29.2 Å². The second-order valence-corrected chi connectivity index (χ2v) is 6.09. The molecule has 0 atom stereocenters. The Morgan fingerprint density at radius 3 is 2.61 bits per heavy atom. The lowest BCUT2D eigenvalue weighted by Crippen LogP contribution is -2.13. The van der Waals surface area contributed by atoms with Gasteiger partial charge >= 0.3 is 0 Å². The molecule has 3 rings (SSSR count). The number of rotatable bonds is 4. The molecule has 0 bridgehead atoms. The molecule has 1 N–H and O–H groups in total. The van der Waals surface area contributed by atoms with Crippen molar-refractivity contribution < 1.29 is 9.47 Å². The summed E-state index contributed by atoms with van der Waals surface area (Å²) in [5.41, 5.74) is 1.92. The predicted octanol–water partition coefficient (Wildman–Crippen LogP) is 4.62. The van der Waals surface area contributed by atoms with Crippen LogP contribution in [-0.2, 0) is 11.3 Å². The number of methoxy groups -OCH3 is 2.